The van der Waals surface area contributed by atoms with Crippen LogP contribution in [-0.2, 0) is 0 Å². The molecular formula is C44H88N2S4. The van der Waals surface area contributed by atoms with E-state index in [1.54, 1.807) is 0 Å². The van der Waals surface area contributed by atoms with Gasteiger partial charge in [-0.25, -0.2) is 0 Å². The Kier molecular flexibility index (Phi) is 42.6. The number of thioether (sulfide) groups is 2. The van der Waals surface area contributed by atoms with Gasteiger partial charge >= 0.3 is 0 Å². The van der Waals surface area contributed by atoms with E-state index in [2.05, 4.69) is 37.5 Å². The van der Waals surface area contributed by atoms with E-state index in [1.165, 1.54) is 205 Å². The van der Waals surface area contributed by atoms with Gasteiger partial charge in [0.25, 0.3) is 0 Å². The SMILES string of the molecule is CCCCCCCCCCN(CCCCCCCCCC)C(=S)SCCSC(=S)N(CCCCCCCCCC)CCCCCCCCCC. The van der Waals surface area contributed by atoms with Crippen molar-refractivity contribution in [2.24, 2.45) is 0 Å². The second-order valence-corrected chi connectivity index (χ2v) is 18.6. The Morgan fingerprint density at radius 1 is 0.300 bits per heavy atom. The number of hydrogen-bond donors (Lipinski definition) is 0. The Morgan fingerprint density at radius 2 is 0.480 bits per heavy atom. The minimum atomic E-state index is 1.07. The molecule has 0 heterocycles. The van der Waals surface area contributed by atoms with Crippen LogP contribution in [0.3, 0.4) is 0 Å². The van der Waals surface area contributed by atoms with Crippen LogP contribution in [0.25, 0.3) is 0 Å². The molecule has 0 rings (SSSR count). The van der Waals surface area contributed by atoms with E-state index in [1.807, 2.05) is 23.5 Å². The zero-order chi connectivity index (χ0) is 36.6. The highest BCUT2D eigenvalue weighted by atomic mass is 32.2. The first kappa shape index (κ1) is 50.5. The summed E-state index contributed by atoms with van der Waals surface area (Å²) < 4.78 is 2.27. The Labute approximate surface area is 335 Å². The lowest BCUT2D eigenvalue weighted by atomic mass is 10.1. The Morgan fingerprint density at radius 3 is 0.680 bits per heavy atom. The molecule has 0 fully saturated rings. The molecule has 0 atom stereocenters. The molecule has 0 bridgehead atoms. The van der Waals surface area contributed by atoms with E-state index < -0.39 is 0 Å². The van der Waals surface area contributed by atoms with E-state index in [0.29, 0.717) is 0 Å². The predicted molar refractivity (Wildman–Crippen MR) is 244 cm³/mol. The number of unbranched alkanes of at least 4 members (excludes halogenated alkanes) is 28. The van der Waals surface area contributed by atoms with Crippen molar-refractivity contribution in [1.82, 2.24) is 9.80 Å². The van der Waals surface area contributed by atoms with Crippen LogP contribution in [0.15, 0.2) is 0 Å². The fraction of sp³-hybridized carbons (Fsp3) is 0.955. The van der Waals surface area contributed by atoms with Crippen molar-refractivity contribution in [3.05, 3.63) is 0 Å². The first-order chi connectivity index (χ1) is 24.6. The summed E-state index contributed by atoms with van der Waals surface area (Å²) in [5, 5.41) is 0. The summed E-state index contributed by atoms with van der Waals surface area (Å²) in [6.45, 7) is 13.8. The molecule has 0 unspecified atom stereocenters. The van der Waals surface area contributed by atoms with Gasteiger partial charge in [0.05, 0.1) is 0 Å². The quantitative estimate of drug-likeness (QED) is 0.0450. The van der Waals surface area contributed by atoms with E-state index in [9.17, 15) is 0 Å². The summed E-state index contributed by atoms with van der Waals surface area (Å²) >= 11 is 16.0. The number of nitrogens with zero attached hydrogens (tertiary/aromatic N) is 2. The molecule has 0 saturated carbocycles. The molecule has 0 spiro atoms. The first-order valence-electron chi connectivity index (χ1n) is 22.4. The molecule has 0 radical (unpaired) electrons. The van der Waals surface area contributed by atoms with Crippen molar-refractivity contribution in [3.8, 4) is 0 Å². The molecule has 0 N–H and O–H groups in total. The molecule has 0 aromatic carbocycles. The van der Waals surface area contributed by atoms with E-state index in [4.69, 9.17) is 24.4 Å². The molecule has 2 nitrogen and oxygen atoms in total. The van der Waals surface area contributed by atoms with Crippen molar-refractivity contribution >= 4 is 56.6 Å². The second-order valence-electron chi connectivity index (χ2n) is 15.1. The highest BCUT2D eigenvalue weighted by Gasteiger charge is 2.13. The Balaban J connectivity index is 4.68. The van der Waals surface area contributed by atoms with Gasteiger partial charge < -0.3 is 9.80 Å². The summed E-state index contributed by atoms with van der Waals surface area (Å²) in [7, 11) is 0. The fourth-order valence-corrected chi connectivity index (χ4v) is 9.39. The summed E-state index contributed by atoms with van der Waals surface area (Å²) in [4.78, 5) is 5.13. The van der Waals surface area contributed by atoms with E-state index >= 15 is 0 Å². The minimum Gasteiger partial charge on any atom is -0.358 e. The third-order valence-electron chi connectivity index (χ3n) is 10.2. The lowest BCUT2D eigenvalue weighted by molar-refractivity contribution is 0.394. The maximum absolute atomic E-state index is 6.07. The van der Waals surface area contributed by atoms with Gasteiger partial charge in [0, 0.05) is 37.7 Å². The van der Waals surface area contributed by atoms with Crippen molar-refractivity contribution in [1.29, 1.82) is 0 Å². The van der Waals surface area contributed by atoms with Crippen molar-refractivity contribution in [2.45, 2.75) is 233 Å². The number of hydrogen-bond acceptors (Lipinski definition) is 4. The zero-order valence-electron chi connectivity index (χ0n) is 34.4. The average molecular weight is 773 g/mol. The van der Waals surface area contributed by atoms with Gasteiger partial charge in [0.2, 0.25) is 0 Å². The molecule has 298 valence electrons. The van der Waals surface area contributed by atoms with Gasteiger partial charge in [0.1, 0.15) is 8.64 Å². The molecule has 0 aromatic heterocycles. The second kappa shape index (κ2) is 42.2. The molecule has 50 heavy (non-hydrogen) atoms. The highest BCUT2D eigenvalue weighted by Crippen LogP contribution is 2.20. The van der Waals surface area contributed by atoms with Gasteiger partial charge in [-0.3, -0.25) is 0 Å². The van der Waals surface area contributed by atoms with Gasteiger partial charge in [-0.05, 0) is 25.7 Å². The van der Waals surface area contributed by atoms with Gasteiger partial charge in [-0.15, -0.1) is 0 Å². The topological polar surface area (TPSA) is 6.48 Å². The summed E-state index contributed by atoms with van der Waals surface area (Å²) in [5.41, 5.74) is 0. The van der Waals surface area contributed by atoms with Crippen LogP contribution in [0.1, 0.15) is 233 Å². The van der Waals surface area contributed by atoms with Gasteiger partial charge in [-0.1, -0.05) is 255 Å². The fourth-order valence-electron chi connectivity index (χ4n) is 6.78. The van der Waals surface area contributed by atoms with E-state index in [-0.39, 0.29) is 0 Å². The van der Waals surface area contributed by atoms with Crippen LogP contribution in [-0.4, -0.2) is 56.1 Å². The summed E-state index contributed by atoms with van der Waals surface area (Å²) in [5.74, 6) is 2.14. The van der Waals surface area contributed by atoms with E-state index in [0.717, 1.165) is 46.3 Å². The Bertz CT molecular complexity index is 606. The zero-order valence-corrected chi connectivity index (χ0v) is 37.7. The normalized spacial score (nSPS) is 11.4. The lowest BCUT2D eigenvalue weighted by Gasteiger charge is -2.26. The molecule has 0 amide bonds. The van der Waals surface area contributed by atoms with Gasteiger partial charge in [0.15, 0.2) is 0 Å². The van der Waals surface area contributed by atoms with Crippen LogP contribution in [0.4, 0.5) is 0 Å². The maximum Gasteiger partial charge on any atom is 0.136 e. The largest absolute Gasteiger partial charge is 0.358 e. The predicted octanol–water partition coefficient (Wildman–Crippen LogP) is 16.2. The van der Waals surface area contributed by atoms with Crippen molar-refractivity contribution in [3.63, 3.8) is 0 Å². The van der Waals surface area contributed by atoms with Crippen LogP contribution in [0.2, 0.25) is 0 Å². The number of thiocarbonyl (C=S) groups is 2. The average Bonchev–Trinajstić information content (AvgIpc) is 3.12. The summed E-state index contributed by atoms with van der Waals surface area (Å²) in [6.07, 6.45) is 44.0. The smallest absolute Gasteiger partial charge is 0.136 e. The molecule has 0 aliphatic carbocycles. The number of rotatable bonds is 39. The molecular weight excluding hydrogens is 685 g/mol. The molecule has 0 aliphatic heterocycles. The van der Waals surface area contributed by atoms with Gasteiger partial charge in [-0.2, -0.15) is 0 Å². The van der Waals surface area contributed by atoms with Crippen LogP contribution >= 0.6 is 48.0 Å². The highest BCUT2D eigenvalue weighted by molar-refractivity contribution is 8.25. The third kappa shape index (κ3) is 35.5. The standard InChI is InChI=1S/C44H88N2S4/c1-5-9-13-17-21-25-29-33-37-45(38-34-30-26-22-18-14-10-6-2)43(47)49-41-42-50-44(48)46(39-35-31-27-23-19-15-11-7-3)40-36-32-28-24-20-16-12-8-4/h5-42H2,1-4H3. The molecule has 0 saturated heterocycles. The molecule has 0 aromatic rings. The Hall–Kier alpha value is 0.480. The minimum absolute atomic E-state index is 1.07. The van der Waals surface area contributed by atoms with Crippen LogP contribution in [0, 0.1) is 0 Å². The van der Waals surface area contributed by atoms with Crippen LogP contribution in [0.5, 0.6) is 0 Å². The molecule has 0 aliphatic rings. The monoisotopic (exact) mass is 773 g/mol. The first-order valence-corrected chi connectivity index (χ1v) is 25.2. The molecule has 6 heteroatoms. The third-order valence-corrected chi connectivity index (χ3v) is 13.5. The van der Waals surface area contributed by atoms with Crippen LogP contribution < -0.4 is 0 Å². The van der Waals surface area contributed by atoms with Crippen molar-refractivity contribution < 1.29 is 0 Å². The lowest BCUT2D eigenvalue weighted by Crippen LogP contribution is -2.31. The maximum atomic E-state index is 6.07. The summed E-state index contributed by atoms with van der Waals surface area (Å²) in [6, 6.07) is 0. The van der Waals surface area contributed by atoms with Crippen molar-refractivity contribution in [2.75, 3.05) is 37.7 Å².